The zero-order valence-corrected chi connectivity index (χ0v) is 16.5. The van der Waals surface area contributed by atoms with Gasteiger partial charge in [-0.2, -0.15) is 0 Å². The molecule has 2 amide bonds. The van der Waals surface area contributed by atoms with Crippen molar-refractivity contribution in [1.29, 1.82) is 0 Å². The summed E-state index contributed by atoms with van der Waals surface area (Å²) >= 11 is 0. The number of ether oxygens (including phenoxy) is 1. The summed E-state index contributed by atoms with van der Waals surface area (Å²) in [5.41, 5.74) is 0.430. The number of amides is 2. The first-order valence-electron chi connectivity index (χ1n) is 8.95. The Balaban J connectivity index is 0.00000338. The molecule has 0 aromatic heterocycles. The van der Waals surface area contributed by atoms with E-state index in [1.54, 1.807) is 24.3 Å². The summed E-state index contributed by atoms with van der Waals surface area (Å²) < 4.78 is 5.23. The van der Waals surface area contributed by atoms with E-state index in [1.165, 1.54) is 7.11 Å². The van der Waals surface area contributed by atoms with Gasteiger partial charge in [0, 0.05) is 6.54 Å². The second-order valence-electron chi connectivity index (χ2n) is 6.85. The molecule has 26 heavy (non-hydrogen) atoms. The second kappa shape index (κ2) is 11.0. The maximum Gasteiger partial charge on any atom is 0.255 e. The first-order valence-corrected chi connectivity index (χ1v) is 8.95. The van der Waals surface area contributed by atoms with Crippen LogP contribution in [0.5, 0.6) is 5.75 Å². The maximum atomic E-state index is 12.6. The first-order chi connectivity index (χ1) is 12.0. The van der Waals surface area contributed by atoms with E-state index in [0.29, 0.717) is 23.8 Å². The summed E-state index contributed by atoms with van der Waals surface area (Å²) in [6.45, 7) is 6.47. The van der Waals surface area contributed by atoms with Crippen molar-refractivity contribution in [3.8, 4) is 5.75 Å². The molecule has 7 heteroatoms. The zero-order valence-electron chi connectivity index (χ0n) is 15.7. The lowest BCUT2D eigenvalue weighted by Crippen LogP contribution is -2.51. The van der Waals surface area contributed by atoms with Crippen LogP contribution >= 0.6 is 12.4 Å². The van der Waals surface area contributed by atoms with E-state index in [0.717, 1.165) is 25.9 Å². The first kappa shape index (κ1) is 22.3. The standard InChI is InChI=1S/C19H29N3O3.ClH/c1-13(2)17(19(24)21-12-14-7-6-10-20-11-14)22-18(23)15-8-4-5-9-16(15)25-3;/h4-5,8-9,13-14,17,20H,6-7,10-12H2,1-3H3,(H,21,24)(H,22,23);1H. The topological polar surface area (TPSA) is 79.5 Å². The molecule has 1 fully saturated rings. The summed E-state index contributed by atoms with van der Waals surface area (Å²) in [6, 6.07) is 6.43. The van der Waals surface area contributed by atoms with Crippen LogP contribution in [0, 0.1) is 11.8 Å². The van der Waals surface area contributed by atoms with Gasteiger partial charge in [-0.05, 0) is 49.9 Å². The lowest BCUT2D eigenvalue weighted by molar-refractivity contribution is -0.124. The number of hydrogen-bond donors (Lipinski definition) is 3. The van der Waals surface area contributed by atoms with Gasteiger partial charge in [0.2, 0.25) is 5.91 Å². The van der Waals surface area contributed by atoms with Crippen molar-refractivity contribution in [3.63, 3.8) is 0 Å². The summed E-state index contributed by atoms with van der Waals surface area (Å²) in [5.74, 6) is 0.504. The van der Waals surface area contributed by atoms with Crippen molar-refractivity contribution in [2.24, 2.45) is 11.8 Å². The number of benzene rings is 1. The molecule has 1 aromatic rings. The smallest absolute Gasteiger partial charge is 0.255 e. The van der Waals surface area contributed by atoms with E-state index < -0.39 is 6.04 Å². The Kier molecular flexibility index (Phi) is 9.44. The monoisotopic (exact) mass is 383 g/mol. The molecule has 146 valence electrons. The Morgan fingerprint density at radius 2 is 2.04 bits per heavy atom. The third-order valence-corrected chi connectivity index (χ3v) is 4.55. The number of rotatable bonds is 7. The Morgan fingerprint density at radius 3 is 2.65 bits per heavy atom. The fraction of sp³-hybridized carbons (Fsp3) is 0.579. The average Bonchev–Trinajstić information content (AvgIpc) is 2.64. The van der Waals surface area contributed by atoms with Crippen molar-refractivity contribution < 1.29 is 14.3 Å². The molecule has 1 saturated heterocycles. The highest BCUT2D eigenvalue weighted by Gasteiger charge is 2.26. The van der Waals surface area contributed by atoms with Gasteiger partial charge in [0.25, 0.3) is 5.91 Å². The second-order valence-corrected chi connectivity index (χ2v) is 6.85. The largest absolute Gasteiger partial charge is 0.496 e. The summed E-state index contributed by atoms with van der Waals surface area (Å²) in [4.78, 5) is 25.1. The van der Waals surface area contributed by atoms with E-state index in [2.05, 4.69) is 16.0 Å². The Labute approximate surface area is 161 Å². The van der Waals surface area contributed by atoms with Crippen molar-refractivity contribution in [2.45, 2.75) is 32.7 Å². The van der Waals surface area contributed by atoms with E-state index in [9.17, 15) is 9.59 Å². The van der Waals surface area contributed by atoms with Crippen LogP contribution in [0.4, 0.5) is 0 Å². The van der Waals surface area contributed by atoms with E-state index in [1.807, 2.05) is 13.8 Å². The van der Waals surface area contributed by atoms with Gasteiger partial charge in [-0.3, -0.25) is 9.59 Å². The normalized spacial score (nSPS) is 17.8. The Hall–Kier alpha value is -1.79. The number of halogens is 1. The molecule has 2 atom stereocenters. The third-order valence-electron chi connectivity index (χ3n) is 4.55. The SMILES string of the molecule is COc1ccccc1C(=O)NC(C(=O)NCC1CCCNC1)C(C)C.Cl. The summed E-state index contributed by atoms with van der Waals surface area (Å²) in [7, 11) is 1.52. The van der Waals surface area contributed by atoms with Crippen molar-refractivity contribution in [2.75, 3.05) is 26.7 Å². The third kappa shape index (κ3) is 6.18. The van der Waals surface area contributed by atoms with Gasteiger partial charge in [-0.1, -0.05) is 26.0 Å². The summed E-state index contributed by atoms with van der Waals surface area (Å²) in [6.07, 6.45) is 2.26. The minimum absolute atomic E-state index is 0. The number of carbonyl (C=O) groups excluding carboxylic acids is 2. The molecule has 2 rings (SSSR count). The van der Waals surface area contributed by atoms with Gasteiger partial charge in [0.1, 0.15) is 11.8 Å². The number of para-hydroxylation sites is 1. The lowest BCUT2D eigenvalue weighted by atomic mass is 9.98. The van der Waals surface area contributed by atoms with Crippen LogP contribution in [-0.4, -0.2) is 44.6 Å². The molecule has 1 aliphatic rings. The zero-order chi connectivity index (χ0) is 18.2. The molecular formula is C19H30ClN3O3. The van der Waals surface area contributed by atoms with Crippen LogP contribution in [0.2, 0.25) is 0 Å². The lowest BCUT2D eigenvalue weighted by Gasteiger charge is -2.26. The predicted molar refractivity (Wildman–Crippen MR) is 105 cm³/mol. The van der Waals surface area contributed by atoms with Crippen LogP contribution in [0.3, 0.4) is 0 Å². The van der Waals surface area contributed by atoms with Crippen LogP contribution in [0.15, 0.2) is 24.3 Å². The molecule has 1 aliphatic heterocycles. The average molecular weight is 384 g/mol. The van der Waals surface area contributed by atoms with Crippen molar-refractivity contribution >= 4 is 24.2 Å². The van der Waals surface area contributed by atoms with Crippen LogP contribution in [-0.2, 0) is 4.79 Å². The van der Waals surface area contributed by atoms with Gasteiger partial charge in [-0.25, -0.2) is 0 Å². The van der Waals surface area contributed by atoms with Crippen molar-refractivity contribution in [3.05, 3.63) is 29.8 Å². The molecule has 0 radical (unpaired) electrons. The van der Waals surface area contributed by atoms with Crippen LogP contribution < -0.4 is 20.7 Å². The molecule has 6 nitrogen and oxygen atoms in total. The minimum Gasteiger partial charge on any atom is -0.496 e. The Bertz CT molecular complexity index is 589. The van der Waals surface area contributed by atoms with E-state index in [-0.39, 0.29) is 30.1 Å². The van der Waals surface area contributed by atoms with Gasteiger partial charge in [0.15, 0.2) is 0 Å². The summed E-state index contributed by atoms with van der Waals surface area (Å²) in [5, 5.41) is 9.18. The highest BCUT2D eigenvalue weighted by atomic mass is 35.5. The molecule has 0 spiro atoms. The maximum absolute atomic E-state index is 12.6. The number of hydrogen-bond acceptors (Lipinski definition) is 4. The Morgan fingerprint density at radius 1 is 1.31 bits per heavy atom. The molecule has 0 bridgehead atoms. The van der Waals surface area contributed by atoms with Crippen LogP contribution in [0.25, 0.3) is 0 Å². The van der Waals surface area contributed by atoms with E-state index in [4.69, 9.17) is 4.74 Å². The predicted octanol–water partition coefficient (Wildman–Crippen LogP) is 1.99. The molecule has 3 N–H and O–H groups in total. The molecule has 0 saturated carbocycles. The molecule has 0 aliphatic carbocycles. The van der Waals surface area contributed by atoms with Gasteiger partial charge in [-0.15, -0.1) is 12.4 Å². The number of piperidine rings is 1. The van der Waals surface area contributed by atoms with Gasteiger partial charge in [0.05, 0.1) is 12.7 Å². The number of methoxy groups -OCH3 is 1. The van der Waals surface area contributed by atoms with Crippen molar-refractivity contribution in [1.82, 2.24) is 16.0 Å². The quantitative estimate of drug-likeness (QED) is 0.672. The highest BCUT2D eigenvalue weighted by molar-refractivity contribution is 5.99. The highest BCUT2D eigenvalue weighted by Crippen LogP contribution is 2.17. The molecule has 2 unspecified atom stereocenters. The molecule has 1 heterocycles. The number of nitrogens with one attached hydrogen (secondary N) is 3. The fourth-order valence-electron chi connectivity index (χ4n) is 3.04. The molecule has 1 aromatic carbocycles. The van der Waals surface area contributed by atoms with E-state index >= 15 is 0 Å². The minimum atomic E-state index is -0.575. The van der Waals surface area contributed by atoms with Crippen LogP contribution in [0.1, 0.15) is 37.0 Å². The fourth-order valence-corrected chi connectivity index (χ4v) is 3.04. The van der Waals surface area contributed by atoms with Gasteiger partial charge < -0.3 is 20.7 Å². The van der Waals surface area contributed by atoms with Gasteiger partial charge >= 0.3 is 0 Å². The number of carbonyl (C=O) groups is 2. The molecular weight excluding hydrogens is 354 g/mol.